The number of nitrogens with zero attached hydrogens (tertiary/aromatic N) is 2. The van der Waals surface area contributed by atoms with E-state index in [9.17, 15) is 18.0 Å². The first kappa shape index (κ1) is 18.3. The maximum atomic E-state index is 13.2. The molecule has 0 aliphatic rings. The van der Waals surface area contributed by atoms with Crippen LogP contribution >= 0.6 is 11.6 Å². The molecule has 0 N–H and O–H groups in total. The van der Waals surface area contributed by atoms with Gasteiger partial charge in [0.15, 0.2) is 0 Å². The summed E-state index contributed by atoms with van der Waals surface area (Å²) in [4.78, 5) is 17.7. The molecule has 0 saturated heterocycles. The van der Waals surface area contributed by atoms with E-state index < -0.39 is 17.5 Å². The second-order valence-corrected chi connectivity index (χ2v) is 6.59. The fraction of sp³-hybridized carbons (Fsp3) is 0.0476. The Kier molecular flexibility index (Phi) is 4.43. The van der Waals surface area contributed by atoms with Crippen molar-refractivity contribution in [3.8, 4) is 11.3 Å². The van der Waals surface area contributed by atoms with Crippen LogP contribution in [0.5, 0.6) is 0 Å². The zero-order chi connectivity index (χ0) is 19.9. The van der Waals surface area contributed by atoms with Crippen molar-refractivity contribution in [2.24, 2.45) is 0 Å². The fourth-order valence-electron chi connectivity index (χ4n) is 2.97. The third-order valence-electron chi connectivity index (χ3n) is 4.34. The van der Waals surface area contributed by atoms with Gasteiger partial charge in [0.25, 0.3) is 0 Å². The van der Waals surface area contributed by atoms with Crippen molar-refractivity contribution in [2.75, 3.05) is 0 Å². The van der Waals surface area contributed by atoms with Crippen LogP contribution in [0, 0.1) is 0 Å². The largest absolute Gasteiger partial charge is 0.416 e. The number of halogens is 4. The second-order valence-electron chi connectivity index (χ2n) is 6.15. The zero-order valence-corrected chi connectivity index (χ0v) is 15.0. The van der Waals surface area contributed by atoms with Crippen LogP contribution in [0.15, 0.2) is 72.9 Å². The molecule has 0 atom stereocenters. The lowest BCUT2D eigenvalue weighted by Gasteiger charge is -2.08. The number of aromatic nitrogens is 2. The van der Waals surface area contributed by atoms with Gasteiger partial charge < -0.3 is 0 Å². The molecule has 3 nitrogen and oxygen atoms in total. The van der Waals surface area contributed by atoms with Gasteiger partial charge in [0.2, 0.25) is 5.78 Å². The smallest absolute Gasteiger partial charge is 0.296 e. The molecule has 0 aliphatic carbocycles. The van der Waals surface area contributed by atoms with E-state index in [0.29, 0.717) is 21.9 Å². The van der Waals surface area contributed by atoms with Gasteiger partial charge in [-0.2, -0.15) is 13.2 Å². The Balaban J connectivity index is 1.86. The van der Waals surface area contributed by atoms with Crippen molar-refractivity contribution in [3.63, 3.8) is 0 Å². The van der Waals surface area contributed by atoms with Gasteiger partial charge in [0.1, 0.15) is 17.0 Å². The number of carbonyl (C=O) groups is 1. The van der Waals surface area contributed by atoms with Crippen molar-refractivity contribution in [1.82, 2.24) is 9.38 Å². The minimum absolute atomic E-state index is 0.147. The molecular weight excluding hydrogens is 389 g/mol. The molecule has 0 bridgehead atoms. The summed E-state index contributed by atoms with van der Waals surface area (Å²) in [6.07, 6.45) is -2.77. The third-order valence-corrected chi connectivity index (χ3v) is 4.59. The minimum Gasteiger partial charge on any atom is -0.296 e. The van der Waals surface area contributed by atoms with E-state index in [1.54, 1.807) is 53.1 Å². The number of alkyl halides is 3. The van der Waals surface area contributed by atoms with Crippen LogP contribution in [-0.2, 0) is 6.18 Å². The molecule has 7 heteroatoms. The van der Waals surface area contributed by atoms with E-state index in [2.05, 4.69) is 4.98 Å². The molecule has 4 rings (SSSR count). The molecule has 0 fully saturated rings. The van der Waals surface area contributed by atoms with Crippen LogP contribution in [-0.4, -0.2) is 15.2 Å². The molecule has 0 unspecified atom stereocenters. The van der Waals surface area contributed by atoms with Crippen molar-refractivity contribution in [1.29, 1.82) is 0 Å². The highest BCUT2D eigenvalue weighted by Crippen LogP contribution is 2.31. The van der Waals surface area contributed by atoms with E-state index in [1.807, 2.05) is 0 Å². The van der Waals surface area contributed by atoms with Crippen LogP contribution in [0.1, 0.15) is 21.6 Å². The Morgan fingerprint density at radius 3 is 2.25 bits per heavy atom. The molecular formula is C21H12ClF3N2O. The molecule has 140 valence electrons. The Labute approximate surface area is 163 Å². The topological polar surface area (TPSA) is 34.4 Å². The second kappa shape index (κ2) is 6.80. The SMILES string of the molecule is O=C(c1ccc(C(F)(F)F)cc1)c1c(-c2ccc(Cl)cc2)nc2ccccn12. The normalized spacial score (nSPS) is 11.7. The predicted molar refractivity (Wildman–Crippen MR) is 101 cm³/mol. The number of hydrogen-bond donors (Lipinski definition) is 0. The van der Waals surface area contributed by atoms with Crippen LogP contribution in [0.3, 0.4) is 0 Å². The maximum Gasteiger partial charge on any atom is 0.416 e. The molecule has 4 aromatic rings. The summed E-state index contributed by atoms with van der Waals surface area (Å²) in [5.74, 6) is -0.419. The van der Waals surface area contributed by atoms with Crippen molar-refractivity contribution in [3.05, 3.63) is 94.8 Å². The molecule has 2 aromatic heterocycles. The van der Waals surface area contributed by atoms with E-state index in [-0.39, 0.29) is 11.3 Å². The number of ketones is 1. The van der Waals surface area contributed by atoms with Crippen molar-refractivity contribution < 1.29 is 18.0 Å². The van der Waals surface area contributed by atoms with Crippen LogP contribution in [0.2, 0.25) is 5.02 Å². The fourth-order valence-corrected chi connectivity index (χ4v) is 3.10. The van der Waals surface area contributed by atoms with Crippen LogP contribution in [0.4, 0.5) is 13.2 Å². The highest BCUT2D eigenvalue weighted by Gasteiger charge is 2.30. The van der Waals surface area contributed by atoms with Gasteiger partial charge in [0, 0.05) is 22.3 Å². The summed E-state index contributed by atoms with van der Waals surface area (Å²) in [7, 11) is 0. The van der Waals surface area contributed by atoms with E-state index >= 15 is 0 Å². The van der Waals surface area contributed by atoms with Crippen molar-refractivity contribution >= 4 is 23.0 Å². The van der Waals surface area contributed by atoms with E-state index in [4.69, 9.17) is 11.6 Å². The molecule has 0 amide bonds. The van der Waals surface area contributed by atoms with Gasteiger partial charge >= 0.3 is 6.18 Å². The Morgan fingerprint density at radius 1 is 0.929 bits per heavy atom. The highest BCUT2D eigenvalue weighted by atomic mass is 35.5. The Bertz CT molecular complexity index is 1160. The number of hydrogen-bond acceptors (Lipinski definition) is 2. The first-order valence-electron chi connectivity index (χ1n) is 8.29. The minimum atomic E-state index is -4.46. The monoisotopic (exact) mass is 400 g/mol. The number of carbonyl (C=O) groups excluding carboxylic acids is 1. The van der Waals surface area contributed by atoms with Gasteiger partial charge in [-0.15, -0.1) is 0 Å². The summed E-state index contributed by atoms with van der Waals surface area (Å²) >= 11 is 5.94. The van der Waals surface area contributed by atoms with Gasteiger partial charge in [-0.05, 0) is 36.4 Å². The summed E-state index contributed by atoms with van der Waals surface area (Å²) in [6, 6.07) is 16.3. The molecule has 0 radical (unpaired) electrons. The molecule has 2 aromatic carbocycles. The zero-order valence-electron chi connectivity index (χ0n) is 14.2. The number of imidazole rings is 1. The van der Waals surface area contributed by atoms with Gasteiger partial charge in [-0.1, -0.05) is 41.9 Å². The Hall–Kier alpha value is -3.12. The molecule has 2 heterocycles. The number of fused-ring (bicyclic) bond motifs is 1. The van der Waals surface area contributed by atoms with Gasteiger partial charge in [-0.25, -0.2) is 4.98 Å². The molecule has 0 aliphatic heterocycles. The molecule has 28 heavy (non-hydrogen) atoms. The third kappa shape index (κ3) is 3.27. The van der Waals surface area contributed by atoms with E-state index in [0.717, 1.165) is 12.1 Å². The standard InChI is InChI=1S/C21H12ClF3N2O/c22-16-10-6-13(7-11-16)18-19(27-12-2-1-3-17(27)26-18)20(28)14-4-8-15(9-5-14)21(23,24)25/h1-12H. The molecule has 0 saturated carbocycles. The summed E-state index contributed by atoms with van der Waals surface area (Å²) in [5, 5.41) is 0.545. The van der Waals surface area contributed by atoms with E-state index in [1.165, 1.54) is 12.1 Å². The maximum absolute atomic E-state index is 13.2. The first-order chi connectivity index (χ1) is 13.3. The molecule has 0 spiro atoms. The average Bonchev–Trinajstić information content (AvgIpc) is 3.07. The summed E-state index contributed by atoms with van der Waals surface area (Å²) < 4.78 is 40.1. The lowest BCUT2D eigenvalue weighted by atomic mass is 10.0. The lowest BCUT2D eigenvalue weighted by Crippen LogP contribution is -2.09. The Morgan fingerprint density at radius 2 is 1.61 bits per heavy atom. The van der Waals surface area contributed by atoms with Gasteiger partial charge in [-0.3, -0.25) is 9.20 Å². The average molecular weight is 401 g/mol. The van der Waals surface area contributed by atoms with Crippen molar-refractivity contribution in [2.45, 2.75) is 6.18 Å². The van der Waals surface area contributed by atoms with Crippen LogP contribution in [0.25, 0.3) is 16.9 Å². The predicted octanol–water partition coefficient (Wildman–Crippen LogP) is 5.90. The highest BCUT2D eigenvalue weighted by molar-refractivity contribution is 6.30. The quantitative estimate of drug-likeness (QED) is 0.401. The summed E-state index contributed by atoms with van der Waals surface area (Å²) in [5.41, 5.74) is 1.30. The number of benzene rings is 2. The number of rotatable bonds is 3. The number of pyridine rings is 1. The lowest BCUT2D eigenvalue weighted by molar-refractivity contribution is -0.137. The summed E-state index contributed by atoms with van der Waals surface area (Å²) in [6.45, 7) is 0. The van der Waals surface area contributed by atoms with Gasteiger partial charge in [0.05, 0.1) is 5.56 Å². The first-order valence-corrected chi connectivity index (χ1v) is 8.67. The van der Waals surface area contributed by atoms with Crippen LogP contribution < -0.4 is 0 Å².